The van der Waals surface area contributed by atoms with Crippen molar-refractivity contribution < 1.29 is 120 Å². The van der Waals surface area contributed by atoms with Crippen LogP contribution in [0, 0.1) is 31.1 Å². The molecule has 0 aliphatic heterocycles. The van der Waals surface area contributed by atoms with Crippen LogP contribution in [0.25, 0.3) is 0 Å². The van der Waals surface area contributed by atoms with Gasteiger partial charge in [-0.25, -0.2) is 50.5 Å². The van der Waals surface area contributed by atoms with Crippen molar-refractivity contribution in [2.45, 2.75) is 0 Å². The Hall–Kier alpha value is 0.392. The molecule has 0 aromatic rings. The van der Waals surface area contributed by atoms with Crippen molar-refractivity contribution in [3.63, 3.8) is 0 Å². The molecule has 0 aliphatic rings. The zero-order valence-corrected chi connectivity index (χ0v) is 20.6. The van der Waals surface area contributed by atoms with E-state index in [1.54, 1.807) is 0 Å². The summed E-state index contributed by atoms with van der Waals surface area (Å²) in [6.07, 6.45) is 0. The van der Waals surface area contributed by atoms with Crippen LogP contribution in [0.15, 0.2) is 0 Å². The van der Waals surface area contributed by atoms with Gasteiger partial charge in [0, 0.05) is 31.1 Å². The van der Waals surface area contributed by atoms with Crippen LogP contribution in [-0.4, -0.2) is 77.8 Å². The third kappa shape index (κ3) is 50.3. The molecule has 0 aromatic carbocycles. The number of hydrogen-bond donors (Lipinski definition) is 0. The molecule has 0 rings (SSSR count). The molecular weight excluding hydrogens is 766 g/mol. The summed E-state index contributed by atoms with van der Waals surface area (Å²) < 4.78 is 175. The Balaban J connectivity index is -0.000000152. The average Bonchev–Trinajstić information content (AvgIpc) is 1.96. The molecule has 0 unspecified atom stereocenters. The first kappa shape index (κ1) is 35.8. The molecule has 0 aliphatic carbocycles. The van der Waals surface area contributed by atoms with Gasteiger partial charge in [-0.15, -0.1) is 0 Å². The zero-order valence-electron chi connectivity index (χ0n) is 11.5. The van der Waals surface area contributed by atoms with Gasteiger partial charge in [-0.2, -0.15) is 10.9 Å². The normalized spacial score (nSPS) is 13.1. The van der Waals surface area contributed by atoms with E-state index in [0.717, 1.165) is 0 Å². The molecule has 0 bridgehead atoms. The Morgan fingerprint density at radius 1 is 0.321 bits per heavy atom. The molecule has 0 saturated carbocycles. The topological polar surface area (TPSA) is 371 Å². The first-order chi connectivity index (χ1) is 11.1. The Kier molecular flexibility index (Phi) is 15.7. The fourth-order valence-electron chi connectivity index (χ4n) is 0.306. The van der Waals surface area contributed by atoms with Gasteiger partial charge in [-0.1, -0.05) is 0 Å². The van der Waals surface area contributed by atoms with Crippen molar-refractivity contribution in [1.82, 2.24) is 0 Å². The second-order valence-electron chi connectivity index (χ2n) is 2.65. The summed E-state index contributed by atoms with van der Waals surface area (Å²) in [6.45, 7) is 0. The van der Waals surface area contributed by atoms with Gasteiger partial charge in [0.2, 0.25) is 62.4 Å². The summed E-state index contributed by atoms with van der Waals surface area (Å²) in [5, 5.41) is 0. The van der Waals surface area contributed by atoms with E-state index in [1.165, 1.54) is 0 Å². The van der Waals surface area contributed by atoms with Gasteiger partial charge in [0.05, 0.1) is 0 Å². The van der Waals surface area contributed by atoms with Crippen LogP contribution in [0.5, 0.6) is 0 Å². The largest absolute Gasteiger partial charge is 0.725 e. The van der Waals surface area contributed by atoms with Gasteiger partial charge in [-0.3, -0.25) is 0 Å². The second kappa shape index (κ2) is 12.3. The van der Waals surface area contributed by atoms with Gasteiger partial charge in [0.15, 0.2) is 0 Å². The first-order valence-electron chi connectivity index (χ1n) is 4.00. The molecule has 0 aromatic heterocycles. The number of rotatable bonds is 6. The van der Waals surface area contributed by atoms with Gasteiger partial charge < -0.3 is 27.3 Å². The standard InChI is InChI=1S/3H2O7S2.U/c3*1-8(2,3)7-9(4,5)6;/h3*(H,1,2,3)(H,4,5,6);/p-6. The maximum absolute atomic E-state index is 9.29. The van der Waals surface area contributed by atoms with Crippen molar-refractivity contribution in [3.05, 3.63) is 0 Å². The van der Waals surface area contributed by atoms with Crippen LogP contribution in [0.2, 0.25) is 0 Å². The van der Waals surface area contributed by atoms with Crippen molar-refractivity contribution in [3.8, 4) is 0 Å². The quantitative estimate of drug-likeness (QED) is 0.179. The smallest absolute Gasteiger partial charge is 0.231 e. The van der Waals surface area contributed by atoms with Gasteiger partial charge in [0.1, 0.15) is 0 Å². The maximum atomic E-state index is 9.29. The monoisotopic (exact) mass is 766 g/mol. The Labute approximate surface area is 181 Å². The third-order valence-corrected chi connectivity index (χ3v) is 4.50. The minimum Gasteiger partial charge on any atom is -0.725 e. The maximum Gasteiger partial charge on any atom is 0.231 e. The van der Waals surface area contributed by atoms with Crippen LogP contribution in [0.3, 0.4) is 0 Å². The Morgan fingerprint density at radius 2 is 0.393 bits per heavy atom. The molecule has 0 N–H and O–H groups in total. The summed E-state index contributed by atoms with van der Waals surface area (Å²) >= 11 is 0. The fraction of sp³-hybridized carbons (Fsp3) is 0. The van der Waals surface area contributed by atoms with Crippen LogP contribution >= 0.6 is 0 Å². The first-order valence-corrected chi connectivity index (χ1v) is 12.0. The molecule has 0 radical (unpaired) electrons. The van der Waals surface area contributed by atoms with Gasteiger partial charge in [0.25, 0.3) is 0 Å². The molecule has 0 heterocycles. The third-order valence-electron chi connectivity index (χ3n) is 0.500. The van der Waals surface area contributed by atoms with Crippen LogP contribution in [0.4, 0.5) is 0 Å². The van der Waals surface area contributed by atoms with Crippen LogP contribution in [0.1, 0.15) is 0 Å². The SMILES string of the molecule is O=S(=O)([O-])OS(=O)(=O)[O-].O=S(=O)([O-])OS(=O)(=O)[O-].O=S(=O)([O-])OS(=O)(=O)[O-].[U]. The molecule has 0 atom stereocenters. The minimum atomic E-state index is -5.43. The Morgan fingerprint density at radius 3 is 0.393 bits per heavy atom. The summed E-state index contributed by atoms with van der Waals surface area (Å²) in [4.78, 5) is 0. The fourth-order valence-corrected chi connectivity index (χ4v) is 2.76. The molecule has 0 saturated heterocycles. The van der Waals surface area contributed by atoms with E-state index in [2.05, 4.69) is 10.9 Å². The Bertz CT molecular complexity index is 850. The van der Waals surface area contributed by atoms with Crippen molar-refractivity contribution >= 4 is 62.4 Å². The average molecular weight is 766 g/mol. The summed E-state index contributed by atoms with van der Waals surface area (Å²) in [5.74, 6) is 0. The van der Waals surface area contributed by atoms with E-state index < -0.39 is 62.4 Å². The molecule has 28 heavy (non-hydrogen) atoms. The van der Waals surface area contributed by atoms with Gasteiger partial charge >= 0.3 is 0 Å². The second-order valence-corrected chi connectivity index (χ2v) is 9.19. The van der Waals surface area contributed by atoms with E-state index in [4.69, 9.17) is 0 Å². The summed E-state index contributed by atoms with van der Waals surface area (Å²) in [6, 6.07) is 0. The minimum absolute atomic E-state index is 0. The molecule has 172 valence electrons. The predicted molar refractivity (Wildman–Crippen MR) is 61.4 cm³/mol. The van der Waals surface area contributed by atoms with E-state index in [9.17, 15) is 77.8 Å². The van der Waals surface area contributed by atoms with Crippen molar-refractivity contribution in [1.29, 1.82) is 0 Å². The molecular formula is O21S6U-6. The van der Waals surface area contributed by atoms with Crippen molar-refractivity contribution in [2.24, 2.45) is 0 Å². The van der Waals surface area contributed by atoms with E-state index in [1.807, 2.05) is 0 Å². The van der Waals surface area contributed by atoms with E-state index in [-0.39, 0.29) is 31.1 Å². The molecule has 0 spiro atoms. The van der Waals surface area contributed by atoms with Crippen LogP contribution < -0.4 is 0 Å². The molecule has 21 nitrogen and oxygen atoms in total. The zero-order chi connectivity index (χ0) is 23.1. The molecule has 0 amide bonds. The molecule has 0 fully saturated rings. The summed E-state index contributed by atoms with van der Waals surface area (Å²) in [5.41, 5.74) is 0. The van der Waals surface area contributed by atoms with E-state index in [0.29, 0.717) is 0 Å². The van der Waals surface area contributed by atoms with E-state index >= 15 is 0 Å². The number of hydrogen-bond acceptors (Lipinski definition) is 21. The summed E-state index contributed by atoms with van der Waals surface area (Å²) in [7, 11) is -32.6. The van der Waals surface area contributed by atoms with Crippen LogP contribution in [-0.2, 0) is 73.3 Å². The van der Waals surface area contributed by atoms with Gasteiger partial charge in [-0.05, 0) is 0 Å². The molecule has 28 heteroatoms. The predicted octanol–water partition coefficient (Wildman–Crippen LogP) is -6.23. The van der Waals surface area contributed by atoms with Crippen molar-refractivity contribution in [2.75, 3.05) is 0 Å².